The molecule has 0 spiro atoms. The van der Waals surface area contributed by atoms with Crippen LogP contribution >= 0.6 is 0 Å². The summed E-state index contributed by atoms with van der Waals surface area (Å²) in [5, 5.41) is 10.5. The first-order valence-electron chi connectivity index (χ1n) is 6.66. The number of morpholine rings is 1. The number of carbonyl (C=O) groups excluding carboxylic acids is 1. The molecular weight excluding hydrogens is 276 g/mol. The fourth-order valence-electron chi connectivity index (χ4n) is 2.13. The van der Waals surface area contributed by atoms with Gasteiger partial charge in [-0.05, 0) is 26.0 Å². The summed E-state index contributed by atoms with van der Waals surface area (Å²) in [6.07, 6.45) is 0. The lowest BCUT2D eigenvalue weighted by atomic mass is 10.1. The molecule has 1 fully saturated rings. The summed E-state index contributed by atoms with van der Waals surface area (Å²) in [6.45, 7) is 5.36. The number of benzene rings is 1. The van der Waals surface area contributed by atoms with Crippen LogP contribution in [0, 0.1) is 10.1 Å². The van der Waals surface area contributed by atoms with Gasteiger partial charge in [-0.2, -0.15) is 0 Å². The lowest BCUT2D eigenvalue weighted by Gasteiger charge is -2.38. The third-order valence-corrected chi connectivity index (χ3v) is 3.19. The first kappa shape index (κ1) is 15.2. The van der Waals surface area contributed by atoms with Crippen LogP contribution in [0.15, 0.2) is 24.3 Å². The van der Waals surface area contributed by atoms with E-state index in [1.54, 1.807) is 4.90 Å². The minimum atomic E-state index is -0.481. The quantitative estimate of drug-likeness (QED) is 0.622. The number of rotatable bonds is 4. The summed E-state index contributed by atoms with van der Waals surface area (Å²) in [5.41, 5.74) is -0.357. The molecule has 21 heavy (non-hydrogen) atoms. The van der Waals surface area contributed by atoms with Crippen LogP contribution in [0.4, 0.5) is 5.69 Å². The van der Waals surface area contributed by atoms with E-state index in [0.717, 1.165) is 0 Å². The lowest BCUT2D eigenvalue weighted by Crippen LogP contribution is -2.51. The molecule has 2 rings (SSSR count). The Morgan fingerprint density at radius 2 is 2.10 bits per heavy atom. The van der Waals surface area contributed by atoms with E-state index in [1.165, 1.54) is 24.3 Å². The van der Waals surface area contributed by atoms with Gasteiger partial charge in [-0.3, -0.25) is 14.9 Å². The molecule has 1 aliphatic heterocycles. The Morgan fingerprint density at radius 3 is 2.67 bits per heavy atom. The number of hydrogen-bond acceptors (Lipinski definition) is 5. The molecule has 0 atom stereocenters. The van der Waals surface area contributed by atoms with E-state index in [0.29, 0.717) is 25.4 Å². The third kappa shape index (κ3) is 4.16. The molecule has 114 valence electrons. The Labute approximate surface area is 122 Å². The maximum atomic E-state index is 12.1. The molecule has 7 nitrogen and oxygen atoms in total. The second-order valence-corrected chi connectivity index (χ2v) is 5.46. The SMILES string of the molecule is CC1(C)CN(C(=O)COc2ccc([N+](=O)[O-])cc2)CCO1. The van der Waals surface area contributed by atoms with Crippen molar-refractivity contribution >= 4 is 11.6 Å². The maximum absolute atomic E-state index is 12.1. The van der Waals surface area contributed by atoms with Gasteiger partial charge >= 0.3 is 0 Å². The molecule has 0 radical (unpaired) electrons. The molecule has 0 unspecified atom stereocenters. The Kier molecular flexibility index (Phi) is 4.42. The van der Waals surface area contributed by atoms with Crippen molar-refractivity contribution in [2.45, 2.75) is 19.4 Å². The standard InChI is InChI=1S/C14H18N2O5/c1-14(2)10-15(7-8-21-14)13(17)9-20-12-5-3-11(4-6-12)16(18)19/h3-6H,7-10H2,1-2H3. The summed E-state index contributed by atoms with van der Waals surface area (Å²) in [5.74, 6) is 0.311. The van der Waals surface area contributed by atoms with Crippen molar-refractivity contribution in [3.05, 3.63) is 34.4 Å². The van der Waals surface area contributed by atoms with Gasteiger partial charge < -0.3 is 14.4 Å². The largest absolute Gasteiger partial charge is 0.484 e. The predicted molar refractivity (Wildman–Crippen MR) is 75.2 cm³/mol. The van der Waals surface area contributed by atoms with E-state index in [1.807, 2.05) is 13.8 Å². The van der Waals surface area contributed by atoms with Crippen LogP contribution in [-0.2, 0) is 9.53 Å². The van der Waals surface area contributed by atoms with Gasteiger partial charge in [0.2, 0.25) is 0 Å². The highest BCUT2D eigenvalue weighted by atomic mass is 16.6. The van der Waals surface area contributed by atoms with E-state index < -0.39 is 4.92 Å². The molecule has 0 aromatic heterocycles. The van der Waals surface area contributed by atoms with Crippen molar-refractivity contribution in [2.75, 3.05) is 26.3 Å². The number of nitro groups is 1. The summed E-state index contributed by atoms with van der Waals surface area (Å²) >= 11 is 0. The Bertz CT molecular complexity index is 527. The van der Waals surface area contributed by atoms with Gasteiger partial charge in [-0.25, -0.2) is 0 Å². The third-order valence-electron chi connectivity index (χ3n) is 3.19. The smallest absolute Gasteiger partial charge is 0.269 e. The number of nitrogens with zero attached hydrogens (tertiary/aromatic N) is 2. The van der Waals surface area contributed by atoms with Crippen LogP contribution in [0.3, 0.4) is 0 Å². The topological polar surface area (TPSA) is 81.9 Å². The van der Waals surface area contributed by atoms with Crippen molar-refractivity contribution < 1.29 is 19.2 Å². The van der Waals surface area contributed by atoms with Crippen molar-refractivity contribution in [3.8, 4) is 5.75 Å². The van der Waals surface area contributed by atoms with Crippen LogP contribution in [0.5, 0.6) is 5.75 Å². The summed E-state index contributed by atoms with van der Waals surface area (Å²) in [4.78, 5) is 23.8. The van der Waals surface area contributed by atoms with Gasteiger partial charge in [0.15, 0.2) is 6.61 Å². The first-order valence-corrected chi connectivity index (χ1v) is 6.66. The Balaban J connectivity index is 1.87. The van der Waals surface area contributed by atoms with E-state index >= 15 is 0 Å². The number of nitro benzene ring substituents is 1. The molecule has 1 amide bonds. The summed E-state index contributed by atoms with van der Waals surface area (Å²) in [6, 6.07) is 5.65. The minimum absolute atomic E-state index is 0.0106. The van der Waals surface area contributed by atoms with Crippen LogP contribution in [0.2, 0.25) is 0 Å². The monoisotopic (exact) mass is 294 g/mol. The van der Waals surface area contributed by atoms with Gasteiger partial charge in [0.05, 0.1) is 17.1 Å². The minimum Gasteiger partial charge on any atom is -0.484 e. The second kappa shape index (κ2) is 6.09. The highest BCUT2D eigenvalue weighted by molar-refractivity contribution is 5.78. The second-order valence-electron chi connectivity index (χ2n) is 5.46. The fourth-order valence-corrected chi connectivity index (χ4v) is 2.13. The Hall–Kier alpha value is -2.15. The van der Waals surface area contributed by atoms with Crippen LogP contribution < -0.4 is 4.74 Å². The summed E-state index contributed by atoms with van der Waals surface area (Å²) in [7, 11) is 0. The molecule has 1 aromatic rings. The number of carbonyl (C=O) groups is 1. The molecule has 0 aliphatic carbocycles. The van der Waals surface area contributed by atoms with Crippen molar-refractivity contribution in [3.63, 3.8) is 0 Å². The van der Waals surface area contributed by atoms with Crippen LogP contribution in [0.25, 0.3) is 0 Å². The van der Waals surface area contributed by atoms with Gasteiger partial charge in [-0.1, -0.05) is 0 Å². The average Bonchev–Trinajstić information content (AvgIpc) is 2.44. The summed E-state index contributed by atoms with van der Waals surface area (Å²) < 4.78 is 10.9. The van der Waals surface area contributed by atoms with Gasteiger partial charge in [0.1, 0.15) is 5.75 Å². The van der Waals surface area contributed by atoms with Gasteiger partial charge in [-0.15, -0.1) is 0 Å². The molecule has 0 bridgehead atoms. The molecule has 1 aliphatic rings. The van der Waals surface area contributed by atoms with Crippen molar-refractivity contribution in [1.82, 2.24) is 4.90 Å². The van der Waals surface area contributed by atoms with Crippen molar-refractivity contribution in [2.24, 2.45) is 0 Å². The van der Waals surface area contributed by atoms with E-state index in [4.69, 9.17) is 9.47 Å². The lowest BCUT2D eigenvalue weighted by molar-refractivity contribution is -0.384. The van der Waals surface area contributed by atoms with Crippen LogP contribution in [0.1, 0.15) is 13.8 Å². The highest BCUT2D eigenvalue weighted by Gasteiger charge is 2.29. The molecule has 0 saturated carbocycles. The van der Waals surface area contributed by atoms with E-state index in [9.17, 15) is 14.9 Å². The fraction of sp³-hybridized carbons (Fsp3) is 0.500. The molecule has 1 heterocycles. The zero-order valence-corrected chi connectivity index (χ0v) is 12.1. The number of amides is 1. The zero-order valence-electron chi connectivity index (χ0n) is 12.1. The van der Waals surface area contributed by atoms with Crippen molar-refractivity contribution in [1.29, 1.82) is 0 Å². The van der Waals surface area contributed by atoms with Gasteiger partial charge in [0, 0.05) is 25.2 Å². The Morgan fingerprint density at radius 1 is 1.43 bits per heavy atom. The van der Waals surface area contributed by atoms with E-state index in [-0.39, 0.29) is 23.8 Å². The zero-order chi connectivity index (χ0) is 15.5. The van der Waals surface area contributed by atoms with E-state index in [2.05, 4.69) is 0 Å². The highest BCUT2D eigenvalue weighted by Crippen LogP contribution is 2.19. The maximum Gasteiger partial charge on any atom is 0.269 e. The molecule has 1 aromatic carbocycles. The normalized spacial score (nSPS) is 17.3. The predicted octanol–water partition coefficient (Wildman–Crippen LogP) is 1.61. The average molecular weight is 294 g/mol. The number of ether oxygens (including phenoxy) is 2. The molecule has 7 heteroatoms. The number of non-ortho nitro benzene ring substituents is 1. The molecular formula is C14H18N2O5. The first-order chi connectivity index (χ1) is 9.87. The number of hydrogen-bond donors (Lipinski definition) is 0. The van der Waals surface area contributed by atoms with Gasteiger partial charge in [0.25, 0.3) is 11.6 Å². The molecule has 0 N–H and O–H groups in total. The molecule has 1 saturated heterocycles. The van der Waals surface area contributed by atoms with Crippen LogP contribution in [-0.4, -0.2) is 47.6 Å².